The van der Waals surface area contributed by atoms with E-state index in [0.717, 1.165) is 50.8 Å². The standard InChI is InChI=1S/C25H37N3O3/c1-18(2)16-20-4-6-21(7-5-20)25(31)22-8-12-27(13-9-22)17-24(30)26-23-10-14-28(15-11-23)19(3)29/h4-7,18,22-23H,8-17H2,1-3H3,(H,26,30). The minimum absolute atomic E-state index is 0.0474. The Hall–Kier alpha value is -2.21. The van der Waals surface area contributed by atoms with Gasteiger partial charge in [-0.2, -0.15) is 0 Å². The molecule has 2 heterocycles. The molecule has 0 aromatic heterocycles. The SMILES string of the molecule is CC(=O)N1CCC(NC(=O)CN2CCC(C(=O)c3ccc(CC(C)C)cc3)CC2)CC1. The van der Waals surface area contributed by atoms with Gasteiger partial charge in [-0.1, -0.05) is 38.1 Å². The van der Waals surface area contributed by atoms with Crippen molar-refractivity contribution in [1.82, 2.24) is 15.1 Å². The molecule has 1 N–H and O–H groups in total. The van der Waals surface area contributed by atoms with Gasteiger partial charge < -0.3 is 10.2 Å². The van der Waals surface area contributed by atoms with Crippen molar-refractivity contribution in [3.63, 3.8) is 0 Å². The molecule has 1 aromatic rings. The Morgan fingerprint density at radius 1 is 0.968 bits per heavy atom. The van der Waals surface area contributed by atoms with Gasteiger partial charge in [0.2, 0.25) is 11.8 Å². The van der Waals surface area contributed by atoms with E-state index in [1.54, 1.807) is 6.92 Å². The van der Waals surface area contributed by atoms with Crippen LogP contribution in [0.15, 0.2) is 24.3 Å². The molecule has 6 nitrogen and oxygen atoms in total. The minimum Gasteiger partial charge on any atom is -0.352 e. The lowest BCUT2D eigenvalue weighted by molar-refractivity contribution is -0.130. The van der Waals surface area contributed by atoms with Gasteiger partial charge in [-0.25, -0.2) is 0 Å². The van der Waals surface area contributed by atoms with Crippen molar-refractivity contribution in [2.45, 2.75) is 58.9 Å². The summed E-state index contributed by atoms with van der Waals surface area (Å²) in [5, 5.41) is 3.12. The predicted octanol–water partition coefficient (Wildman–Crippen LogP) is 2.91. The molecule has 2 fully saturated rings. The smallest absolute Gasteiger partial charge is 0.234 e. The van der Waals surface area contributed by atoms with Crippen LogP contribution in [-0.2, 0) is 16.0 Å². The third-order valence-corrected chi connectivity index (χ3v) is 6.51. The largest absolute Gasteiger partial charge is 0.352 e. The zero-order chi connectivity index (χ0) is 22.4. The van der Waals surface area contributed by atoms with Crippen LogP contribution >= 0.6 is 0 Å². The van der Waals surface area contributed by atoms with Crippen molar-refractivity contribution in [3.05, 3.63) is 35.4 Å². The first-order chi connectivity index (χ1) is 14.8. The second kappa shape index (κ2) is 10.9. The van der Waals surface area contributed by atoms with E-state index in [1.807, 2.05) is 17.0 Å². The summed E-state index contributed by atoms with van der Waals surface area (Å²) in [5.41, 5.74) is 2.08. The zero-order valence-corrected chi connectivity index (χ0v) is 19.2. The summed E-state index contributed by atoms with van der Waals surface area (Å²) in [6.07, 6.45) is 4.27. The Kier molecular flexibility index (Phi) is 8.24. The van der Waals surface area contributed by atoms with Crippen LogP contribution in [0.3, 0.4) is 0 Å². The van der Waals surface area contributed by atoms with Crippen molar-refractivity contribution in [2.75, 3.05) is 32.7 Å². The van der Waals surface area contributed by atoms with E-state index in [1.165, 1.54) is 5.56 Å². The first kappa shape index (κ1) is 23.5. The summed E-state index contributed by atoms with van der Waals surface area (Å²) in [6, 6.07) is 8.25. The molecule has 2 aliphatic heterocycles. The second-order valence-electron chi connectivity index (χ2n) is 9.56. The summed E-state index contributed by atoms with van der Waals surface area (Å²) in [4.78, 5) is 40.7. The van der Waals surface area contributed by atoms with E-state index in [0.29, 0.717) is 25.6 Å². The van der Waals surface area contributed by atoms with Crippen molar-refractivity contribution >= 4 is 17.6 Å². The number of nitrogens with one attached hydrogen (secondary N) is 1. The molecule has 3 rings (SSSR count). The number of benzene rings is 1. The molecule has 1 aromatic carbocycles. The molecule has 6 heteroatoms. The van der Waals surface area contributed by atoms with Crippen LogP contribution in [0.4, 0.5) is 0 Å². The van der Waals surface area contributed by atoms with Gasteiger partial charge >= 0.3 is 0 Å². The van der Waals surface area contributed by atoms with E-state index >= 15 is 0 Å². The van der Waals surface area contributed by atoms with Crippen LogP contribution in [0, 0.1) is 11.8 Å². The molecule has 2 amide bonds. The Morgan fingerprint density at radius 3 is 2.13 bits per heavy atom. The Bertz CT molecular complexity index is 759. The first-order valence-electron chi connectivity index (χ1n) is 11.7. The summed E-state index contributed by atoms with van der Waals surface area (Å²) < 4.78 is 0. The number of nitrogens with zero attached hydrogens (tertiary/aromatic N) is 2. The first-order valence-corrected chi connectivity index (χ1v) is 11.7. The van der Waals surface area contributed by atoms with Crippen molar-refractivity contribution in [2.24, 2.45) is 11.8 Å². The van der Waals surface area contributed by atoms with Gasteiger partial charge in [-0.3, -0.25) is 19.3 Å². The highest BCUT2D eigenvalue weighted by atomic mass is 16.2. The molecule has 0 saturated carbocycles. The Balaban J connectivity index is 1.39. The Morgan fingerprint density at radius 2 is 1.58 bits per heavy atom. The van der Waals surface area contributed by atoms with Gasteiger partial charge in [-0.05, 0) is 56.7 Å². The molecule has 0 bridgehead atoms. The van der Waals surface area contributed by atoms with E-state index in [4.69, 9.17) is 0 Å². The van der Waals surface area contributed by atoms with E-state index in [9.17, 15) is 14.4 Å². The van der Waals surface area contributed by atoms with Gasteiger partial charge in [0, 0.05) is 37.5 Å². The number of likely N-dealkylation sites (tertiary alicyclic amines) is 2. The average molecular weight is 428 g/mol. The van der Waals surface area contributed by atoms with Gasteiger partial charge in [-0.15, -0.1) is 0 Å². The number of hydrogen-bond donors (Lipinski definition) is 1. The lowest BCUT2D eigenvalue weighted by Crippen LogP contribution is -2.49. The molecule has 0 aliphatic carbocycles. The highest BCUT2D eigenvalue weighted by Crippen LogP contribution is 2.22. The maximum absolute atomic E-state index is 12.9. The van der Waals surface area contributed by atoms with Crippen molar-refractivity contribution < 1.29 is 14.4 Å². The summed E-state index contributed by atoms with van der Waals surface area (Å²) in [7, 11) is 0. The number of carbonyl (C=O) groups is 3. The molecule has 2 aliphatic rings. The zero-order valence-electron chi connectivity index (χ0n) is 19.2. The summed E-state index contributed by atoms with van der Waals surface area (Å²) in [6.45, 7) is 9.36. The van der Waals surface area contributed by atoms with Gasteiger partial charge in [0.05, 0.1) is 6.54 Å². The quantitative estimate of drug-likeness (QED) is 0.680. The van der Waals surface area contributed by atoms with E-state index in [2.05, 4.69) is 36.2 Å². The molecule has 0 unspecified atom stereocenters. The molecular weight excluding hydrogens is 390 g/mol. The highest BCUT2D eigenvalue weighted by molar-refractivity contribution is 5.98. The highest BCUT2D eigenvalue weighted by Gasteiger charge is 2.28. The average Bonchev–Trinajstić information content (AvgIpc) is 2.74. The third-order valence-electron chi connectivity index (χ3n) is 6.51. The summed E-state index contributed by atoms with van der Waals surface area (Å²) >= 11 is 0. The Labute approximate surface area is 186 Å². The monoisotopic (exact) mass is 427 g/mol. The minimum atomic E-state index is 0.0474. The fraction of sp³-hybridized carbons (Fsp3) is 0.640. The number of Topliss-reactive ketones (excluding diaryl/α,β-unsaturated/α-hetero) is 1. The molecule has 170 valence electrons. The number of ketones is 1. The number of rotatable bonds is 7. The summed E-state index contributed by atoms with van der Waals surface area (Å²) in [5.74, 6) is 1.04. The third kappa shape index (κ3) is 6.89. The van der Waals surface area contributed by atoms with Gasteiger partial charge in [0.1, 0.15) is 0 Å². The lowest BCUT2D eigenvalue weighted by atomic mass is 9.88. The number of hydrogen-bond acceptors (Lipinski definition) is 4. The van der Waals surface area contributed by atoms with Crippen LogP contribution in [0.5, 0.6) is 0 Å². The molecular formula is C25H37N3O3. The normalized spacial score (nSPS) is 18.9. The molecule has 0 atom stereocenters. The maximum Gasteiger partial charge on any atom is 0.234 e. The van der Waals surface area contributed by atoms with E-state index < -0.39 is 0 Å². The topological polar surface area (TPSA) is 69.7 Å². The fourth-order valence-corrected chi connectivity index (χ4v) is 4.68. The fourth-order valence-electron chi connectivity index (χ4n) is 4.68. The van der Waals surface area contributed by atoms with Crippen LogP contribution < -0.4 is 5.32 Å². The maximum atomic E-state index is 12.9. The number of amides is 2. The van der Waals surface area contributed by atoms with Crippen LogP contribution in [0.25, 0.3) is 0 Å². The van der Waals surface area contributed by atoms with Crippen molar-refractivity contribution in [1.29, 1.82) is 0 Å². The van der Waals surface area contributed by atoms with Crippen LogP contribution in [-0.4, -0.2) is 66.2 Å². The van der Waals surface area contributed by atoms with E-state index in [-0.39, 0.29) is 29.6 Å². The van der Waals surface area contributed by atoms with Gasteiger partial charge in [0.15, 0.2) is 5.78 Å². The van der Waals surface area contributed by atoms with Crippen molar-refractivity contribution in [3.8, 4) is 0 Å². The number of piperidine rings is 2. The second-order valence-corrected chi connectivity index (χ2v) is 9.56. The number of carbonyl (C=O) groups excluding carboxylic acids is 3. The van der Waals surface area contributed by atoms with Crippen LogP contribution in [0.1, 0.15) is 62.4 Å². The molecule has 0 radical (unpaired) electrons. The molecule has 0 spiro atoms. The molecule has 2 saturated heterocycles. The predicted molar refractivity (Wildman–Crippen MR) is 122 cm³/mol. The van der Waals surface area contributed by atoms with Gasteiger partial charge in [0.25, 0.3) is 0 Å². The lowest BCUT2D eigenvalue weighted by Gasteiger charge is -2.33. The van der Waals surface area contributed by atoms with Crippen LogP contribution in [0.2, 0.25) is 0 Å². The molecule has 31 heavy (non-hydrogen) atoms.